The van der Waals surface area contributed by atoms with Crippen molar-refractivity contribution in [1.82, 2.24) is 14.9 Å². The molecule has 32 heavy (non-hydrogen) atoms. The Morgan fingerprint density at radius 2 is 2.03 bits per heavy atom. The highest BCUT2D eigenvalue weighted by atomic mass is 32.1. The first-order valence-corrected chi connectivity index (χ1v) is 11.2. The van der Waals surface area contributed by atoms with E-state index in [0.29, 0.717) is 30.3 Å². The van der Waals surface area contributed by atoms with Crippen LogP contribution in [0.4, 0.5) is 10.9 Å². The average molecular weight is 452 g/mol. The number of nitrogens with one attached hydrogen (secondary N) is 3. The summed E-state index contributed by atoms with van der Waals surface area (Å²) in [6.45, 7) is 6.81. The Hall–Kier alpha value is -3.37. The molecule has 0 unspecified atom stereocenters. The summed E-state index contributed by atoms with van der Waals surface area (Å²) in [6, 6.07) is 10.5. The van der Waals surface area contributed by atoms with Crippen LogP contribution in [0.2, 0.25) is 0 Å². The number of ether oxygens (including phenoxy) is 1. The molecule has 1 aliphatic rings. The number of morpholine rings is 1. The smallest absolute Gasteiger partial charge is 0.256 e. The second kappa shape index (κ2) is 9.41. The topological polar surface area (TPSA) is 118 Å². The maximum Gasteiger partial charge on any atom is 0.256 e. The molecule has 9 nitrogen and oxygen atoms in total. The normalized spacial score (nSPS) is 13.9. The van der Waals surface area contributed by atoms with Gasteiger partial charge < -0.3 is 19.9 Å². The third-order valence-corrected chi connectivity index (χ3v) is 6.19. The largest absolute Gasteiger partial charge is 0.378 e. The predicted molar refractivity (Wildman–Crippen MR) is 127 cm³/mol. The number of benzene rings is 1. The van der Waals surface area contributed by atoms with Crippen LogP contribution in [0.1, 0.15) is 29.9 Å². The SMILES string of the molecule is CC(C)N(C=N)C(=N)c1cccc(NC(=O)c2ccc3nc(N4CCOCC4)sc3c2)n1. The van der Waals surface area contributed by atoms with E-state index in [4.69, 9.17) is 15.6 Å². The molecule has 0 atom stereocenters. The van der Waals surface area contributed by atoms with Crippen molar-refractivity contribution in [2.75, 3.05) is 36.5 Å². The van der Waals surface area contributed by atoms with Gasteiger partial charge in [-0.15, -0.1) is 0 Å². The van der Waals surface area contributed by atoms with Crippen LogP contribution in [0, 0.1) is 10.8 Å². The average Bonchev–Trinajstić information content (AvgIpc) is 3.23. The Labute approximate surface area is 190 Å². The van der Waals surface area contributed by atoms with E-state index in [2.05, 4.69) is 20.2 Å². The number of aromatic nitrogens is 2. The minimum Gasteiger partial charge on any atom is -0.378 e. The summed E-state index contributed by atoms with van der Waals surface area (Å²) in [7, 11) is 0. The van der Waals surface area contributed by atoms with Crippen LogP contribution in [0.3, 0.4) is 0 Å². The number of pyridine rings is 1. The Morgan fingerprint density at radius 3 is 2.75 bits per heavy atom. The first-order chi connectivity index (χ1) is 15.5. The Morgan fingerprint density at radius 1 is 1.25 bits per heavy atom. The van der Waals surface area contributed by atoms with E-state index in [1.165, 1.54) is 4.90 Å². The maximum absolute atomic E-state index is 12.9. The standard InChI is InChI=1S/C22H25N7O2S/c1-14(2)29(13-23)20(24)17-4-3-5-19(25-17)27-21(30)15-6-7-16-18(12-15)32-22(26-16)28-8-10-31-11-9-28/h3-7,12-14,23-24H,8-11H2,1-2H3,(H,25,27,30). The molecule has 3 heterocycles. The lowest BCUT2D eigenvalue weighted by Gasteiger charge is -2.25. The van der Waals surface area contributed by atoms with Crippen molar-refractivity contribution in [3.05, 3.63) is 47.7 Å². The number of anilines is 2. The van der Waals surface area contributed by atoms with Crippen LogP contribution in [0.15, 0.2) is 36.4 Å². The van der Waals surface area contributed by atoms with E-state index in [-0.39, 0.29) is 17.8 Å². The number of thiazole rings is 1. The fourth-order valence-electron chi connectivity index (χ4n) is 3.37. The van der Waals surface area contributed by atoms with Gasteiger partial charge in [0.1, 0.15) is 11.5 Å². The van der Waals surface area contributed by atoms with Crippen LogP contribution < -0.4 is 10.2 Å². The molecule has 0 radical (unpaired) electrons. The first kappa shape index (κ1) is 21.8. The van der Waals surface area contributed by atoms with Gasteiger partial charge in [-0.3, -0.25) is 15.6 Å². The second-order valence-electron chi connectivity index (χ2n) is 7.62. The van der Waals surface area contributed by atoms with Crippen molar-refractivity contribution in [1.29, 1.82) is 10.8 Å². The molecule has 4 rings (SSSR count). The van der Waals surface area contributed by atoms with Gasteiger partial charge in [-0.05, 0) is 44.2 Å². The molecule has 0 saturated carbocycles. The molecule has 166 valence electrons. The van der Waals surface area contributed by atoms with Crippen molar-refractivity contribution in [3.63, 3.8) is 0 Å². The van der Waals surface area contributed by atoms with Crippen LogP contribution in [0.5, 0.6) is 0 Å². The maximum atomic E-state index is 12.9. The fourth-order valence-corrected chi connectivity index (χ4v) is 4.43. The van der Waals surface area contributed by atoms with Crippen LogP contribution in [-0.2, 0) is 4.74 Å². The van der Waals surface area contributed by atoms with Gasteiger partial charge in [-0.1, -0.05) is 17.4 Å². The number of amidine groups is 1. The third-order valence-electron chi connectivity index (χ3n) is 5.11. The summed E-state index contributed by atoms with van der Waals surface area (Å²) in [4.78, 5) is 25.6. The van der Waals surface area contributed by atoms with Crippen molar-refractivity contribution in [2.24, 2.45) is 0 Å². The van der Waals surface area contributed by atoms with Gasteiger partial charge in [0.2, 0.25) is 0 Å². The summed E-state index contributed by atoms with van der Waals surface area (Å²) in [6.07, 6.45) is 1.11. The first-order valence-electron chi connectivity index (χ1n) is 10.4. The number of amides is 1. The summed E-state index contributed by atoms with van der Waals surface area (Å²) in [5, 5.41) is 19.6. The Bertz CT molecular complexity index is 1150. The van der Waals surface area contributed by atoms with E-state index in [1.807, 2.05) is 26.0 Å². The van der Waals surface area contributed by atoms with E-state index >= 15 is 0 Å². The highest BCUT2D eigenvalue weighted by Crippen LogP contribution is 2.30. The molecule has 3 N–H and O–H groups in total. The minimum absolute atomic E-state index is 0.0477. The fraction of sp³-hybridized carbons (Fsp3) is 0.318. The quantitative estimate of drug-likeness (QED) is 0.390. The lowest BCUT2D eigenvalue weighted by Crippen LogP contribution is -2.36. The zero-order chi connectivity index (χ0) is 22.7. The van der Waals surface area contributed by atoms with E-state index in [1.54, 1.807) is 35.6 Å². The number of carbonyl (C=O) groups is 1. The van der Waals surface area contributed by atoms with Gasteiger partial charge in [0, 0.05) is 24.7 Å². The lowest BCUT2D eigenvalue weighted by molar-refractivity contribution is 0.102. The van der Waals surface area contributed by atoms with Crippen molar-refractivity contribution >= 4 is 50.6 Å². The minimum atomic E-state index is -0.280. The number of hydrogen-bond donors (Lipinski definition) is 3. The molecule has 1 fully saturated rings. The summed E-state index contributed by atoms with van der Waals surface area (Å²) >= 11 is 1.57. The zero-order valence-electron chi connectivity index (χ0n) is 18.0. The molecule has 1 aromatic carbocycles. The molecule has 0 bridgehead atoms. The van der Waals surface area contributed by atoms with Crippen LogP contribution in [0.25, 0.3) is 10.2 Å². The van der Waals surface area contributed by atoms with E-state index in [9.17, 15) is 4.79 Å². The molecule has 1 saturated heterocycles. The molecule has 0 spiro atoms. The van der Waals surface area contributed by atoms with Crippen LogP contribution in [-0.4, -0.2) is 65.3 Å². The monoisotopic (exact) mass is 451 g/mol. The van der Waals surface area contributed by atoms with Gasteiger partial charge in [-0.25, -0.2) is 9.97 Å². The highest BCUT2D eigenvalue weighted by Gasteiger charge is 2.18. The van der Waals surface area contributed by atoms with Crippen molar-refractivity contribution in [3.8, 4) is 0 Å². The zero-order valence-corrected chi connectivity index (χ0v) is 18.8. The van der Waals surface area contributed by atoms with Gasteiger partial charge in [-0.2, -0.15) is 0 Å². The molecule has 3 aromatic rings. The van der Waals surface area contributed by atoms with Crippen molar-refractivity contribution in [2.45, 2.75) is 19.9 Å². The van der Waals surface area contributed by atoms with Gasteiger partial charge in [0.05, 0.1) is 29.8 Å². The molecule has 0 aliphatic carbocycles. The molecule has 2 aromatic heterocycles. The molecule has 1 aliphatic heterocycles. The Balaban J connectivity index is 1.51. The highest BCUT2D eigenvalue weighted by molar-refractivity contribution is 7.22. The number of nitrogens with zero attached hydrogens (tertiary/aromatic N) is 4. The molecular weight excluding hydrogens is 426 g/mol. The molecule has 1 amide bonds. The number of hydrogen-bond acceptors (Lipinski definition) is 8. The third kappa shape index (κ3) is 4.61. The van der Waals surface area contributed by atoms with Gasteiger partial charge in [0.25, 0.3) is 5.91 Å². The number of fused-ring (bicyclic) bond motifs is 1. The van der Waals surface area contributed by atoms with Gasteiger partial charge in [0.15, 0.2) is 11.0 Å². The summed E-state index contributed by atoms with van der Waals surface area (Å²) < 4.78 is 6.35. The van der Waals surface area contributed by atoms with Crippen molar-refractivity contribution < 1.29 is 9.53 Å². The molecular formula is C22H25N7O2S. The summed E-state index contributed by atoms with van der Waals surface area (Å²) in [5.41, 5.74) is 1.76. The number of carbonyl (C=O) groups excluding carboxylic acids is 1. The lowest BCUT2D eigenvalue weighted by atomic mass is 10.2. The van der Waals surface area contributed by atoms with Gasteiger partial charge >= 0.3 is 0 Å². The van der Waals surface area contributed by atoms with E-state index in [0.717, 1.165) is 34.8 Å². The summed E-state index contributed by atoms with van der Waals surface area (Å²) in [5.74, 6) is 0.175. The Kier molecular flexibility index (Phi) is 6.42. The number of rotatable bonds is 6. The van der Waals surface area contributed by atoms with Crippen LogP contribution >= 0.6 is 11.3 Å². The molecule has 10 heteroatoms. The van der Waals surface area contributed by atoms with E-state index < -0.39 is 0 Å². The predicted octanol–water partition coefficient (Wildman–Crippen LogP) is 3.42. The second-order valence-corrected chi connectivity index (χ2v) is 8.63.